The minimum atomic E-state index is -4.50. The summed E-state index contributed by atoms with van der Waals surface area (Å²) in [5.74, 6) is -0.343. The standard InChI is InChI=1S/C13H17F3N4O/c1-18-12(21)9-4-2-3-5-20(9)11-7-8(13(14,15)16)6-10(17)19-11/h6-7,9H,2-5H2,1H3,(H2,17,19)(H,18,21). The van der Waals surface area contributed by atoms with Crippen LogP contribution in [0.2, 0.25) is 0 Å². The molecule has 0 bridgehead atoms. The fourth-order valence-electron chi connectivity index (χ4n) is 2.49. The van der Waals surface area contributed by atoms with Crippen LogP contribution in [0.25, 0.3) is 0 Å². The summed E-state index contributed by atoms with van der Waals surface area (Å²) in [7, 11) is 1.50. The number of alkyl halides is 3. The van der Waals surface area contributed by atoms with E-state index < -0.39 is 17.8 Å². The molecule has 1 atom stereocenters. The molecule has 3 N–H and O–H groups in total. The van der Waals surface area contributed by atoms with E-state index in [-0.39, 0.29) is 17.5 Å². The lowest BCUT2D eigenvalue weighted by molar-refractivity contribution is -0.137. The molecule has 0 aliphatic carbocycles. The van der Waals surface area contributed by atoms with Gasteiger partial charge in [0.2, 0.25) is 5.91 Å². The molecule has 1 fully saturated rings. The number of hydrogen-bond donors (Lipinski definition) is 2. The Hall–Kier alpha value is -1.99. The number of hydrogen-bond acceptors (Lipinski definition) is 4. The number of carbonyl (C=O) groups is 1. The zero-order chi connectivity index (χ0) is 15.6. The molecule has 0 aromatic carbocycles. The lowest BCUT2D eigenvalue weighted by atomic mass is 10.0. The number of halogens is 3. The zero-order valence-corrected chi connectivity index (χ0v) is 11.6. The average Bonchev–Trinajstić information content (AvgIpc) is 2.45. The van der Waals surface area contributed by atoms with Crippen LogP contribution in [0.5, 0.6) is 0 Å². The van der Waals surface area contributed by atoms with E-state index in [2.05, 4.69) is 10.3 Å². The number of nitrogens with two attached hydrogens (primary N) is 1. The molecule has 1 amide bonds. The normalized spacial score (nSPS) is 19.4. The van der Waals surface area contributed by atoms with Crippen molar-refractivity contribution in [3.8, 4) is 0 Å². The van der Waals surface area contributed by atoms with Crippen molar-refractivity contribution in [3.05, 3.63) is 17.7 Å². The van der Waals surface area contributed by atoms with Crippen LogP contribution in [0, 0.1) is 0 Å². The van der Waals surface area contributed by atoms with E-state index in [1.807, 2.05) is 0 Å². The predicted molar refractivity (Wildman–Crippen MR) is 72.7 cm³/mol. The summed E-state index contributed by atoms with van der Waals surface area (Å²) in [6.45, 7) is 0.478. The minimum absolute atomic E-state index is 0.0932. The number of nitrogen functional groups attached to an aromatic ring is 1. The van der Waals surface area contributed by atoms with Gasteiger partial charge in [0.25, 0.3) is 0 Å². The van der Waals surface area contributed by atoms with Crippen molar-refractivity contribution in [1.29, 1.82) is 0 Å². The van der Waals surface area contributed by atoms with Crippen LogP contribution in [-0.4, -0.2) is 30.5 Å². The third-order valence-electron chi connectivity index (χ3n) is 3.51. The molecule has 8 heteroatoms. The van der Waals surface area contributed by atoms with E-state index in [9.17, 15) is 18.0 Å². The van der Waals surface area contributed by atoms with Gasteiger partial charge in [0.1, 0.15) is 17.7 Å². The second kappa shape index (κ2) is 5.79. The number of carbonyl (C=O) groups excluding carboxylic acids is 1. The predicted octanol–water partition coefficient (Wildman–Crippen LogP) is 1.79. The number of rotatable bonds is 2. The Balaban J connectivity index is 2.39. The van der Waals surface area contributed by atoms with Crippen LogP contribution < -0.4 is 16.0 Å². The van der Waals surface area contributed by atoms with E-state index in [0.717, 1.165) is 25.0 Å². The van der Waals surface area contributed by atoms with Crippen molar-refractivity contribution in [2.75, 3.05) is 24.2 Å². The highest BCUT2D eigenvalue weighted by atomic mass is 19.4. The van der Waals surface area contributed by atoms with Gasteiger partial charge in [-0.2, -0.15) is 13.2 Å². The number of likely N-dealkylation sites (N-methyl/N-ethyl adjacent to an activating group) is 1. The first kappa shape index (κ1) is 15.4. The smallest absolute Gasteiger partial charge is 0.384 e. The summed E-state index contributed by atoms with van der Waals surface area (Å²) in [4.78, 5) is 17.4. The van der Waals surface area contributed by atoms with Crippen LogP contribution in [0.3, 0.4) is 0 Å². The molecule has 5 nitrogen and oxygen atoms in total. The molecule has 1 saturated heterocycles. The maximum Gasteiger partial charge on any atom is 0.416 e. The Morgan fingerprint density at radius 2 is 2.14 bits per heavy atom. The van der Waals surface area contributed by atoms with Crippen molar-refractivity contribution in [3.63, 3.8) is 0 Å². The SMILES string of the molecule is CNC(=O)C1CCCCN1c1cc(C(F)(F)F)cc(N)n1. The molecule has 1 unspecified atom stereocenters. The number of nitrogens with one attached hydrogen (secondary N) is 1. The fourth-order valence-corrected chi connectivity index (χ4v) is 2.49. The number of nitrogens with zero attached hydrogens (tertiary/aromatic N) is 2. The summed E-state index contributed by atoms with van der Waals surface area (Å²) in [5.41, 5.74) is 4.62. The van der Waals surface area contributed by atoms with Crippen LogP contribution in [-0.2, 0) is 11.0 Å². The summed E-state index contributed by atoms with van der Waals surface area (Å²) < 4.78 is 38.6. The summed E-state index contributed by atoms with van der Waals surface area (Å²) in [6, 6.07) is 1.22. The average molecular weight is 302 g/mol. The Labute approximate surface area is 120 Å². The monoisotopic (exact) mass is 302 g/mol. The van der Waals surface area contributed by atoms with Crippen LogP contribution >= 0.6 is 0 Å². The Morgan fingerprint density at radius 3 is 2.76 bits per heavy atom. The maximum atomic E-state index is 12.9. The Bertz CT molecular complexity index is 533. The van der Waals surface area contributed by atoms with Crippen molar-refractivity contribution in [2.24, 2.45) is 0 Å². The number of aromatic nitrogens is 1. The van der Waals surface area contributed by atoms with Gasteiger partial charge in [-0.3, -0.25) is 4.79 Å². The Morgan fingerprint density at radius 1 is 1.43 bits per heavy atom. The molecular weight excluding hydrogens is 285 g/mol. The molecule has 1 aromatic rings. The molecule has 1 aromatic heterocycles. The molecule has 2 rings (SSSR count). The first-order chi connectivity index (χ1) is 9.82. The maximum absolute atomic E-state index is 12.9. The highest BCUT2D eigenvalue weighted by molar-refractivity contribution is 5.85. The highest BCUT2D eigenvalue weighted by Gasteiger charge is 2.34. The van der Waals surface area contributed by atoms with Gasteiger partial charge in [-0.15, -0.1) is 0 Å². The van der Waals surface area contributed by atoms with Gasteiger partial charge < -0.3 is 16.0 Å². The van der Waals surface area contributed by atoms with E-state index in [4.69, 9.17) is 5.73 Å². The molecule has 116 valence electrons. The van der Waals surface area contributed by atoms with Gasteiger partial charge in [0, 0.05) is 13.6 Å². The molecule has 1 aliphatic heterocycles. The van der Waals surface area contributed by atoms with Gasteiger partial charge >= 0.3 is 6.18 Å². The van der Waals surface area contributed by atoms with Crippen molar-refractivity contribution >= 4 is 17.5 Å². The van der Waals surface area contributed by atoms with Crippen molar-refractivity contribution in [1.82, 2.24) is 10.3 Å². The first-order valence-electron chi connectivity index (χ1n) is 6.66. The molecule has 0 radical (unpaired) electrons. The molecule has 1 aliphatic rings. The second-order valence-corrected chi connectivity index (χ2v) is 4.96. The topological polar surface area (TPSA) is 71.2 Å². The number of pyridine rings is 1. The fraction of sp³-hybridized carbons (Fsp3) is 0.538. The van der Waals surface area contributed by atoms with E-state index in [1.54, 1.807) is 4.90 Å². The molecule has 2 heterocycles. The zero-order valence-electron chi connectivity index (χ0n) is 11.6. The molecular formula is C13H17F3N4O. The molecule has 0 spiro atoms. The van der Waals surface area contributed by atoms with E-state index in [0.29, 0.717) is 13.0 Å². The molecule has 21 heavy (non-hydrogen) atoms. The number of anilines is 2. The summed E-state index contributed by atoms with van der Waals surface area (Å²) in [5, 5.41) is 2.53. The highest BCUT2D eigenvalue weighted by Crippen LogP contribution is 2.33. The second-order valence-electron chi connectivity index (χ2n) is 4.96. The van der Waals surface area contributed by atoms with Crippen LogP contribution in [0.4, 0.5) is 24.8 Å². The van der Waals surface area contributed by atoms with Crippen molar-refractivity contribution in [2.45, 2.75) is 31.5 Å². The van der Waals surface area contributed by atoms with Crippen LogP contribution in [0.15, 0.2) is 12.1 Å². The first-order valence-corrected chi connectivity index (χ1v) is 6.66. The third kappa shape index (κ3) is 3.37. The summed E-state index contributed by atoms with van der Waals surface area (Å²) >= 11 is 0. The number of amides is 1. The van der Waals surface area contributed by atoms with Gasteiger partial charge in [-0.1, -0.05) is 0 Å². The van der Waals surface area contributed by atoms with E-state index >= 15 is 0 Å². The van der Waals surface area contributed by atoms with E-state index in [1.165, 1.54) is 7.05 Å². The molecule has 0 saturated carbocycles. The lowest BCUT2D eigenvalue weighted by Crippen LogP contribution is -2.49. The Kier molecular flexibility index (Phi) is 4.24. The quantitative estimate of drug-likeness (QED) is 0.873. The third-order valence-corrected chi connectivity index (χ3v) is 3.51. The van der Waals surface area contributed by atoms with Gasteiger partial charge in [-0.05, 0) is 31.4 Å². The summed E-state index contributed by atoms with van der Waals surface area (Å²) in [6.07, 6.45) is -2.27. The lowest BCUT2D eigenvalue weighted by Gasteiger charge is -2.35. The largest absolute Gasteiger partial charge is 0.416 e. The minimum Gasteiger partial charge on any atom is -0.384 e. The number of piperidine rings is 1. The van der Waals surface area contributed by atoms with Crippen LogP contribution in [0.1, 0.15) is 24.8 Å². The van der Waals surface area contributed by atoms with Gasteiger partial charge in [0.15, 0.2) is 0 Å². The van der Waals surface area contributed by atoms with Crippen molar-refractivity contribution < 1.29 is 18.0 Å². The van der Waals surface area contributed by atoms with Gasteiger partial charge in [-0.25, -0.2) is 4.98 Å². The van der Waals surface area contributed by atoms with Gasteiger partial charge in [0.05, 0.1) is 5.56 Å².